The van der Waals surface area contributed by atoms with Crippen LogP contribution in [0.1, 0.15) is 34.5 Å². The fourth-order valence-electron chi connectivity index (χ4n) is 3.66. The van der Waals surface area contributed by atoms with Crippen molar-refractivity contribution >= 4 is 29.7 Å². The van der Waals surface area contributed by atoms with E-state index in [0.717, 1.165) is 16.7 Å². The molecule has 4 rings (SSSR count). The SMILES string of the molecule is Cc1cccc(-c2n[nH]c(=S)n2CC(=O)NC(C)c2cccc(NC(=O)c3ccccc3)c2)c1. The van der Waals surface area contributed by atoms with Crippen LogP contribution in [-0.4, -0.2) is 26.6 Å². The van der Waals surface area contributed by atoms with Crippen molar-refractivity contribution in [2.75, 3.05) is 5.32 Å². The van der Waals surface area contributed by atoms with Crippen LogP contribution >= 0.6 is 12.2 Å². The maximum atomic E-state index is 12.9. The first kappa shape index (κ1) is 23.1. The molecule has 7 nitrogen and oxygen atoms in total. The summed E-state index contributed by atoms with van der Waals surface area (Å²) < 4.78 is 2.06. The molecule has 0 saturated heterocycles. The largest absolute Gasteiger partial charge is 0.348 e. The third-order valence-electron chi connectivity index (χ3n) is 5.39. The summed E-state index contributed by atoms with van der Waals surface area (Å²) in [4.78, 5) is 25.3. The Morgan fingerprint density at radius 1 is 1.03 bits per heavy atom. The molecular formula is C26H25N5O2S. The maximum absolute atomic E-state index is 12.9. The molecule has 0 radical (unpaired) electrons. The number of aryl methyl sites for hydroxylation is 1. The minimum atomic E-state index is -0.274. The topological polar surface area (TPSA) is 91.8 Å². The molecule has 1 heterocycles. The van der Waals surface area contributed by atoms with Crippen LogP contribution in [0.3, 0.4) is 0 Å². The summed E-state index contributed by atoms with van der Waals surface area (Å²) in [5.74, 6) is 0.229. The number of carbonyl (C=O) groups excluding carboxylic acids is 2. The van der Waals surface area contributed by atoms with Crippen LogP contribution in [0, 0.1) is 11.7 Å². The average molecular weight is 472 g/mol. The number of aromatic nitrogens is 3. The summed E-state index contributed by atoms with van der Waals surface area (Å²) in [6, 6.07) is 24.0. The first-order valence-corrected chi connectivity index (χ1v) is 11.3. The number of nitrogens with one attached hydrogen (secondary N) is 3. The Kier molecular flexibility index (Phi) is 6.98. The van der Waals surface area contributed by atoms with Gasteiger partial charge >= 0.3 is 0 Å². The van der Waals surface area contributed by atoms with E-state index >= 15 is 0 Å². The summed E-state index contributed by atoms with van der Waals surface area (Å²) in [6.07, 6.45) is 0. The molecule has 172 valence electrons. The molecular weight excluding hydrogens is 446 g/mol. The number of aromatic amines is 1. The van der Waals surface area contributed by atoms with E-state index < -0.39 is 0 Å². The van der Waals surface area contributed by atoms with Crippen LogP contribution in [0.2, 0.25) is 0 Å². The highest BCUT2D eigenvalue weighted by atomic mass is 32.1. The van der Waals surface area contributed by atoms with E-state index in [1.54, 1.807) is 16.7 Å². The number of hydrogen-bond acceptors (Lipinski definition) is 4. The Balaban J connectivity index is 1.44. The van der Waals surface area contributed by atoms with Crippen LogP contribution in [0.5, 0.6) is 0 Å². The van der Waals surface area contributed by atoms with Gasteiger partial charge in [0.2, 0.25) is 5.91 Å². The molecule has 0 aliphatic rings. The second-order valence-electron chi connectivity index (χ2n) is 8.04. The molecule has 0 saturated carbocycles. The summed E-state index contributed by atoms with van der Waals surface area (Å²) in [5, 5.41) is 13.0. The predicted octanol–water partition coefficient (Wildman–Crippen LogP) is 5.05. The number of hydrogen-bond donors (Lipinski definition) is 3. The zero-order valence-electron chi connectivity index (χ0n) is 18.9. The van der Waals surface area contributed by atoms with Gasteiger partial charge in [0.05, 0.1) is 6.04 Å². The van der Waals surface area contributed by atoms with Gasteiger partial charge in [-0.05, 0) is 62.0 Å². The minimum Gasteiger partial charge on any atom is -0.348 e. The lowest BCUT2D eigenvalue weighted by Crippen LogP contribution is -2.30. The summed E-state index contributed by atoms with van der Waals surface area (Å²) in [5.41, 5.74) is 4.08. The Morgan fingerprint density at radius 2 is 1.79 bits per heavy atom. The van der Waals surface area contributed by atoms with Crippen molar-refractivity contribution in [2.45, 2.75) is 26.4 Å². The lowest BCUT2D eigenvalue weighted by atomic mass is 10.1. The molecule has 4 aromatic rings. The van der Waals surface area contributed by atoms with Gasteiger partial charge in [0.25, 0.3) is 5.91 Å². The second-order valence-corrected chi connectivity index (χ2v) is 8.43. The van der Waals surface area contributed by atoms with Crippen molar-refractivity contribution in [3.8, 4) is 11.4 Å². The van der Waals surface area contributed by atoms with Gasteiger partial charge < -0.3 is 10.6 Å². The standard InChI is InChI=1S/C26H25N5O2S/c1-17-8-6-12-21(14-17)24-29-30-26(34)31(24)16-23(32)27-18(2)20-11-7-13-22(15-20)28-25(33)19-9-4-3-5-10-19/h3-15,18H,16H2,1-2H3,(H,27,32)(H,28,33)(H,30,34). The minimum absolute atomic E-state index is 0.0351. The molecule has 0 aliphatic heterocycles. The highest BCUT2D eigenvalue weighted by Crippen LogP contribution is 2.20. The first-order valence-electron chi connectivity index (χ1n) is 10.9. The van der Waals surface area contributed by atoms with Crippen molar-refractivity contribution < 1.29 is 9.59 Å². The van der Waals surface area contributed by atoms with E-state index in [2.05, 4.69) is 20.8 Å². The number of carbonyl (C=O) groups is 2. The Morgan fingerprint density at radius 3 is 2.56 bits per heavy atom. The third kappa shape index (κ3) is 5.47. The van der Waals surface area contributed by atoms with E-state index in [0.29, 0.717) is 21.8 Å². The number of amides is 2. The molecule has 0 fully saturated rings. The molecule has 0 aliphatic carbocycles. The summed E-state index contributed by atoms with van der Waals surface area (Å²) in [6.45, 7) is 3.93. The fourth-order valence-corrected chi connectivity index (χ4v) is 3.86. The molecule has 1 unspecified atom stereocenters. The fraction of sp³-hybridized carbons (Fsp3) is 0.154. The van der Waals surface area contributed by atoms with E-state index in [1.807, 2.05) is 80.6 Å². The Hall–Kier alpha value is -4.04. The monoisotopic (exact) mass is 471 g/mol. The lowest BCUT2D eigenvalue weighted by Gasteiger charge is -2.16. The molecule has 8 heteroatoms. The molecule has 0 spiro atoms. The van der Waals surface area contributed by atoms with Gasteiger partial charge in [0, 0.05) is 16.8 Å². The van der Waals surface area contributed by atoms with Gasteiger partial charge in [-0.2, -0.15) is 5.10 Å². The third-order valence-corrected chi connectivity index (χ3v) is 5.71. The Bertz CT molecular complexity index is 1380. The quantitative estimate of drug-likeness (QED) is 0.329. The number of H-pyrrole nitrogens is 1. The normalized spacial score (nSPS) is 11.6. The maximum Gasteiger partial charge on any atom is 0.255 e. The van der Waals surface area contributed by atoms with Gasteiger partial charge in [0.1, 0.15) is 6.54 Å². The van der Waals surface area contributed by atoms with E-state index in [1.165, 1.54) is 0 Å². The van der Waals surface area contributed by atoms with E-state index in [4.69, 9.17) is 12.2 Å². The zero-order chi connectivity index (χ0) is 24.1. The highest BCUT2D eigenvalue weighted by Gasteiger charge is 2.15. The van der Waals surface area contributed by atoms with Gasteiger partial charge in [-0.1, -0.05) is 54.1 Å². The molecule has 0 bridgehead atoms. The van der Waals surface area contributed by atoms with Crippen LogP contribution in [-0.2, 0) is 11.3 Å². The van der Waals surface area contributed by atoms with Crippen LogP contribution < -0.4 is 10.6 Å². The smallest absolute Gasteiger partial charge is 0.255 e. The van der Waals surface area contributed by atoms with Crippen molar-refractivity contribution in [1.29, 1.82) is 0 Å². The summed E-state index contributed by atoms with van der Waals surface area (Å²) >= 11 is 5.35. The lowest BCUT2D eigenvalue weighted by molar-refractivity contribution is -0.122. The van der Waals surface area contributed by atoms with Gasteiger partial charge in [-0.15, -0.1) is 0 Å². The van der Waals surface area contributed by atoms with Crippen molar-refractivity contribution in [3.63, 3.8) is 0 Å². The molecule has 1 atom stereocenters. The number of nitrogens with zero attached hydrogens (tertiary/aromatic N) is 2. The van der Waals surface area contributed by atoms with Crippen LogP contribution in [0.4, 0.5) is 5.69 Å². The predicted molar refractivity (Wildman–Crippen MR) is 135 cm³/mol. The highest BCUT2D eigenvalue weighted by molar-refractivity contribution is 7.71. The zero-order valence-corrected chi connectivity index (χ0v) is 19.7. The van der Waals surface area contributed by atoms with E-state index in [-0.39, 0.29) is 24.4 Å². The van der Waals surface area contributed by atoms with Crippen LogP contribution in [0.25, 0.3) is 11.4 Å². The molecule has 3 N–H and O–H groups in total. The van der Waals surface area contributed by atoms with Gasteiger partial charge in [0.15, 0.2) is 10.6 Å². The summed E-state index contributed by atoms with van der Waals surface area (Å²) in [7, 11) is 0. The average Bonchev–Trinajstić information content (AvgIpc) is 3.19. The van der Waals surface area contributed by atoms with Gasteiger partial charge in [-0.3, -0.25) is 19.3 Å². The molecule has 3 aromatic carbocycles. The molecule has 1 aromatic heterocycles. The number of anilines is 1. The molecule has 2 amide bonds. The van der Waals surface area contributed by atoms with Gasteiger partial charge in [-0.25, -0.2) is 0 Å². The molecule has 34 heavy (non-hydrogen) atoms. The van der Waals surface area contributed by atoms with Crippen molar-refractivity contribution in [2.24, 2.45) is 0 Å². The second kappa shape index (κ2) is 10.3. The first-order chi connectivity index (χ1) is 16.4. The Labute approximate surface area is 202 Å². The van der Waals surface area contributed by atoms with Crippen molar-refractivity contribution in [3.05, 3.63) is 100 Å². The van der Waals surface area contributed by atoms with E-state index in [9.17, 15) is 9.59 Å². The number of rotatable bonds is 7. The number of benzene rings is 3. The van der Waals surface area contributed by atoms with Crippen LogP contribution in [0.15, 0.2) is 78.9 Å². The van der Waals surface area contributed by atoms with Crippen molar-refractivity contribution in [1.82, 2.24) is 20.1 Å².